The number of rotatable bonds is 9. The van der Waals surface area contributed by atoms with Crippen molar-refractivity contribution in [3.05, 3.63) is 69.0 Å². The van der Waals surface area contributed by atoms with Crippen molar-refractivity contribution in [2.24, 2.45) is 5.73 Å². The molecule has 0 bridgehead atoms. The normalized spacial score (nSPS) is 11.9. The van der Waals surface area contributed by atoms with Crippen LogP contribution in [-0.2, 0) is 17.9 Å². The van der Waals surface area contributed by atoms with E-state index < -0.39 is 11.2 Å². The number of aromatic nitrogens is 2. The zero-order valence-corrected chi connectivity index (χ0v) is 15.1. The molecule has 1 aromatic carbocycles. The minimum atomic E-state index is -0.505. The van der Waals surface area contributed by atoms with Crippen LogP contribution in [0.15, 0.2) is 52.2 Å². The number of hydrogen-bond donors (Lipinski definition) is 2. The van der Waals surface area contributed by atoms with Crippen molar-refractivity contribution in [3.8, 4) is 0 Å². The fourth-order valence-corrected chi connectivity index (χ4v) is 2.72. The zero-order chi connectivity index (χ0) is 18.9. The molecular weight excluding hydrogens is 332 g/mol. The number of nitrogens with zero attached hydrogens (tertiary/aromatic N) is 2. The molecule has 0 aliphatic heterocycles. The topological polar surface area (TPSA) is 99.1 Å². The molecule has 7 nitrogen and oxygen atoms in total. The molecule has 2 rings (SSSR count). The van der Waals surface area contributed by atoms with Gasteiger partial charge in [0.05, 0.1) is 6.54 Å². The number of carbonyl (C=O) groups is 1. The van der Waals surface area contributed by atoms with Crippen LogP contribution in [0, 0.1) is 0 Å². The highest BCUT2D eigenvalue weighted by atomic mass is 16.2. The predicted molar refractivity (Wildman–Crippen MR) is 101 cm³/mol. The molecule has 7 heteroatoms. The highest BCUT2D eigenvalue weighted by molar-refractivity contribution is 5.76. The van der Waals surface area contributed by atoms with Crippen LogP contribution in [-0.4, -0.2) is 27.6 Å². The molecule has 3 N–H and O–H groups in total. The van der Waals surface area contributed by atoms with Gasteiger partial charge in [-0.2, -0.15) is 0 Å². The van der Waals surface area contributed by atoms with E-state index in [-0.39, 0.29) is 18.5 Å². The van der Waals surface area contributed by atoms with Gasteiger partial charge in [0.15, 0.2) is 0 Å². The first-order chi connectivity index (χ1) is 12.5. The summed E-state index contributed by atoms with van der Waals surface area (Å²) in [6.07, 6.45) is 4.20. The Hall–Kier alpha value is -2.67. The number of nitrogens with two attached hydrogens (primary N) is 1. The second-order valence-electron chi connectivity index (χ2n) is 6.28. The largest absolute Gasteiger partial charge is 0.351 e. The van der Waals surface area contributed by atoms with Crippen LogP contribution >= 0.6 is 0 Å². The molecule has 2 aromatic rings. The lowest BCUT2D eigenvalue weighted by Gasteiger charge is -2.17. The first-order valence-corrected chi connectivity index (χ1v) is 8.88. The van der Waals surface area contributed by atoms with Gasteiger partial charge in [-0.05, 0) is 12.0 Å². The van der Waals surface area contributed by atoms with Crippen LogP contribution in [0.1, 0.15) is 31.7 Å². The van der Waals surface area contributed by atoms with Crippen molar-refractivity contribution >= 4 is 5.91 Å². The fourth-order valence-electron chi connectivity index (χ4n) is 2.72. The summed E-state index contributed by atoms with van der Waals surface area (Å²) in [5.74, 6) is -0.381. The Morgan fingerprint density at radius 1 is 1.19 bits per heavy atom. The van der Waals surface area contributed by atoms with Crippen LogP contribution in [0.4, 0.5) is 0 Å². The third-order valence-electron chi connectivity index (χ3n) is 4.19. The van der Waals surface area contributed by atoms with Crippen LogP contribution in [0.3, 0.4) is 0 Å². The number of benzene rings is 1. The summed E-state index contributed by atoms with van der Waals surface area (Å²) in [7, 11) is 0. The second kappa shape index (κ2) is 9.72. The lowest BCUT2D eigenvalue weighted by Crippen LogP contribution is -2.46. The van der Waals surface area contributed by atoms with Gasteiger partial charge in [0, 0.05) is 24.8 Å². The van der Waals surface area contributed by atoms with Gasteiger partial charge in [-0.15, -0.1) is 0 Å². The quantitative estimate of drug-likeness (QED) is 0.689. The highest BCUT2D eigenvalue weighted by Gasteiger charge is 2.14. The van der Waals surface area contributed by atoms with Gasteiger partial charge in [0.25, 0.3) is 5.56 Å². The molecule has 1 amide bonds. The maximum Gasteiger partial charge on any atom is 0.331 e. The van der Waals surface area contributed by atoms with Gasteiger partial charge in [0.2, 0.25) is 5.91 Å². The Bertz CT molecular complexity index is 827. The molecule has 0 fully saturated rings. The van der Waals surface area contributed by atoms with E-state index in [2.05, 4.69) is 12.2 Å². The van der Waals surface area contributed by atoms with Gasteiger partial charge in [-0.25, -0.2) is 4.79 Å². The van der Waals surface area contributed by atoms with Gasteiger partial charge in [-0.3, -0.25) is 18.7 Å². The smallest absolute Gasteiger partial charge is 0.331 e. The zero-order valence-electron chi connectivity index (χ0n) is 15.1. The Balaban J connectivity index is 2.13. The summed E-state index contributed by atoms with van der Waals surface area (Å²) in [6.45, 7) is 2.42. The molecule has 0 saturated carbocycles. The van der Waals surface area contributed by atoms with Crippen molar-refractivity contribution in [1.29, 1.82) is 0 Å². The summed E-state index contributed by atoms with van der Waals surface area (Å²) in [5, 5.41) is 2.80. The fraction of sp³-hybridized carbons (Fsp3) is 0.421. The number of unbranched alkanes of at least 4 members (excludes halogenated alkanes) is 1. The maximum absolute atomic E-state index is 12.6. The number of carbonyl (C=O) groups excluding carboxylic acids is 1. The molecule has 0 spiro atoms. The van der Waals surface area contributed by atoms with Crippen LogP contribution < -0.4 is 22.3 Å². The minimum Gasteiger partial charge on any atom is -0.351 e. The molecule has 1 aromatic heterocycles. The average molecular weight is 358 g/mol. The maximum atomic E-state index is 12.6. The van der Waals surface area contributed by atoms with E-state index in [4.69, 9.17) is 5.73 Å². The van der Waals surface area contributed by atoms with Crippen LogP contribution in [0.25, 0.3) is 0 Å². The van der Waals surface area contributed by atoms with Crippen LogP contribution in [0.5, 0.6) is 0 Å². The lowest BCUT2D eigenvalue weighted by atomic mass is 10.1. The van der Waals surface area contributed by atoms with Crippen LogP contribution in [0.2, 0.25) is 0 Å². The summed E-state index contributed by atoms with van der Waals surface area (Å²) in [5.41, 5.74) is 5.61. The Morgan fingerprint density at radius 2 is 1.92 bits per heavy atom. The summed E-state index contributed by atoms with van der Waals surface area (Å²) in [6, 6.07) is 10.6. The molecule has 1 heterocycles. The van der Waals surface area contributed by atoms with Gasteiger partial charge < -0.3 is 11.1 Å². The number of amides is 1. The number of nitrogens with one attached hydrogen (secondary N) is 1. The molecule has 1 atom stereocenters. The molecule has 1 unspecified atom stereocenters. The van der Waals surface area contributed by atoms with Gasteiger partial charge in [-0.1, -0.05) is 50.1 Å². The molecule has 0 aliphatic rings. The Labute approximate surface area is 152 Å². The van der Waals surface area contributed by atoms with Crippen molar-refractivity contribution in [2.45, 2.75) is 45.3 Å². The van der Waals surface area contributed by atoms with E-state index in [9.17, 15) is 14.4 Å². The van der Waals surface area contributed by atoms with Crippen molar-refractivity contribution < 1.29 is 4.79 Å². The van der Waals surface area contributed by atoms with E-state index in [0.717, 1.165) is 29.4 Å². The summed E-state index contributed by atoms with van der Waals surface area (Å²) in [4.78, 5) is 36.9. The SMILES string of the molecule is CCCCC(CN)NC(=O)Cn1c(=O)ccn(Cc2ccccc2)c1=O. The molecule has 0 aliphatic carbocycles. The molecule has 26 heavy (non-hydrogen) atoms. The van der Waals surface area contributed by atoms with Gasteiger partial charge >= 0.3 is 5.69 Å². The first kappa shape index (κ1) is 19.7. The Morgan fingerprint density at radius 3 is 2.58 bits per heavy atom. The molecule has 0 radical (unpaired) electrons. The summed E-state index contributed by atoms with van der Waals surface area (Å²) < 4.78 is 2.37. The average Bonchev–Trinajstić information content (AvgIpc) is 2.65. The third kappa shape index (κ3) is 5.42. The predicted octanol–water partition coefficient (Wildman–Crippen LogP) is 0.692. The Kier molecular flexibility index (Phi) is 7.35. The van der Waals surface area contributed by atoms with Crippen molar-refractivity contribution in [1.82, 2.24) is 14.5 Å². The van der Waals surface area contributed by atoms with Gasteiger partial charge in [0.1, 0.15) is 6.54 Å². The molecule has 0 saturated heterocycles. The number of hydrogen-bond acceptors (Lipinski definition) is 4. The van der Waals surface area contributed by atoms with Crippen molar-refractivity contribution in [2.75, 3.05) is 6.54 Å². The van der Waals surface area contributed by atoms with E-state index >= 15 is 0 Å². The minimum absolute atomic E-state index is 0.145. The second-order valence-corrected chi connectivity index (χ2v) is 6.28. The van der Waals surface area contributed by atoms with E-state index in [1.54, 1.807) is 0 Å². The van der Waals surface area contributed by atoms with E-state index in [1.165, 1.54) is 16.8 Å². The third-order valence-corrected chi connectivity index (χ3v) is 4.19. The van der Waals surface area contributed by atoms with Crippen molar-refractivity contribution in [3.63, 3.8) is 0 Å². The van der Waals surface area contributed by atoms with E-state index in [1.807, 2.05) is 30.3 Å². The lowest BCUT2D eigenvalue weighted by molar-refractivity contribution is -0.122. The summed E-state index contributed by atoms with van der Waals surface area (Å²) >= 11 is 0. The molecular formula is C19H26N4O3. The standard InChI is InChI=1S/C19H26N4O3/c1-2-3-9-16(12-20)21-17(24)14-23-18(25)10-11-22(19(23)26)13-15-7-5-4-6-8-15/h4-8,10-11,16H,2-3,9,12-14,20H2,1H3,(H,21,24). The highest BCUT2D eigenvalue weighted by Crippen LogP contribution is 2.00. The monoisotopic (exact) mass is 358 g/mol. The first-order valence-electron chi connectivity index (χ1n) is 8.88. The molecule has 140 valence electrons. The van der Waals surface area contributed by atoms with E-state index in [0.29, 0.717) is 13.1 Å².